The van der Waals surface area contributed by atoms with Crippen LogP contribution in [0.15, 0.2) is 11.6 Å². The van der Waals surface area contributed by atoms with Gasteiger partial charge in [0.05, 0.1) is 12.2 Å². The van der Waals surface area contributed by atoms with E-state index in [-0.39, 0.29) is 33.5 Å². The molecule has 4 nitrogen and oxygen atoms in total. The third-order valence-electron chi connectivity index (χ3n) is 13.4. The lowest BCUT2D eigenvalue weighted by atomic mass is 9.33. The van der Waals surface area contributed by atoms with Gasteiger partial charge < -0.3 is 14.9 Å². The molecule has 5 rings (SSSR count). The van der Waals surface area contributed by atoms with Gasteiger partial charge in [0.1, 0.15) is 5.41 Å². The second-order valence-electron chi connectivity index (χ2n) is 15.0. The summed E-state index contributed by atoms with van der Waals surface area (Å²) in [4.78, 5) is 12.9. The standard InChI is InChI=1S/C31H50O4/c1-18-15-24(32)31(26(33)34)14-13-29(6)21(25(31)19(18)2)9-10-23-28(5)17-20(35-8)16-27(3,4)22(28)11-12-30(23,29)7/h9,18-20,22-25,32H,10-17H2,1-8H3,(H,33,34)/t18-,19+,20+,22?,23-,24?,25+,28+,29-,30-,31-/m1/s1. The molecule has 2 N–H and O–H groups in total. The Labute approximate surface area is 213 Å². The first-order chi connectivity index (χ1) is 16.2. The maximum Gasteiger partial charge on any atom is 0.312 e. The summed E-state index contributed by atoms with van der Waals surface area (Å²) in [5.41, 5.74) is 0.931. The Hall–Kier alpha value is -0.870. The molecule has 0 bridgehead atoms. The number of carboxylic acid groups (broad SMARTS) is 1. The zero-order valence-corrected chi connectivity index (χ0v) is 23.5. The maximum absolute atomic E-state index is 12.9. The highest BCUT2D eigenvalue weighted by Gasteiger charge is 2.70. The van der Waals surface area contributed by atoms with Gasteiger partial charge >= 0.3 is 5.97 Å². The molecule has 2 unspecified atom stereocenters. The monoisotopic (exact) mass is 486 g/mol. The lowest BCUT2D eigenvalue weighted by molar-refractivity contribution is -0.212. The van der Waals surface area contributed by atoms with Gasteiger partial charge in [-0.1, -0.05) is 60.1 Å². The predicted molar refractivity (Wildman–Crippen MR) is 139 cm³/mol. The largest absolute Gasteiger partial charge is 0.481 e. The van der Waals surface area contributed by atoms with Gasteiger partial charge in [-0.15, -0.1) is 0 Å². The molecule has 0 aromatic rings. The van der Waals surface area contributed by atoms with Gasteiger partial charge in [0.15, 0.2) is 0 Å². The highest BCUT2D eigenvalue weighted by atomic mass is 16.5. The van der Waals surface area contributed by atoms with Crippen molar-refractivity contribution in [3.8, 4) is 0 Å². The maximum atomic E-state index is 12.9. The fourth-order valence-electron chi connectivity index (χ4n) is 11.3. The van der Waals surface area contributed by atoms with Crippen LogP contribution in [0.2, 0.25) is 0 Å². The molecule has 198 valence electrons. The van der Waals surface area contributed by atoms with Crippen LogP contribution >= 0.6 is 0 Å². The summed E-state index contributed by atoms with van der Waals surface area (Å²) < 4.78 is 6.02. The van der Waals surface area contributed by atoms with E-state index in [0.29, 0.717) is 36.7 Å². The average molecular weight is 487 g/mol. The van der Waals surface area contributed by atoms with Crippen LogP contribution in [-0.2, 0) is 9.53 Å². The van der Waals surface area contributed by atoms with E-state index in [1.807, 2.05) is 7.11 Å². The van der Waals surface area contributed by atoms with E-state index < -0.39 is 17.5 Å². The zero-order valence-electron chi connectivity index (χ0n) is 23.5. The minimum Gasteiger partial charge on any atom is -0.481 e. The molecular weight excluding hydrogens is 436 g/mol. The zero-order chi connectivity index (χ0) is 25.8. The summed E-state index contributed by atoms with van der Waals surface area (Å²) in [5.74, 6) is 0.991. The van der Waals surface area contributed by atoms with Crippen LogP contribution < -0.4 is 0 Å². The normalized spacial score (nSPS) is 55.0. The van der Waals surface area contributed by atoms with E-state index in [4.69, 9.17) is 4.74 Å². The number of aliphatic hydroxyl groups is 1. The number of aliphatic hydroxyl groups excluding tert-OH is 1. The second kappa shape index (κ2) is 7.82. The number of allylic oxidation sites excluding steroid dienone is 2. The topological polar surface area (TPSA) is 66.8 Å². The molecule has 11 atom stereocenters. The van der Waals surface area contributed by atoms with E-state index in [1.165, 1.54) is 18.4 Å². The number of carboxylic acids is 1. The van der Waals surface area contributed by atoms with E-state index in [9.17, 15) is 15.0 Å². The summed E-state index contributed by atoms with van der Waals surface area (Å²) in [6.07, 6.45) is 9.86. The SMILES string of the molecule is CO[C@H]1CC(C)(C)C2CC[C@]3(C)[C@H](CC=C4[C@@H]5[C@@H](C)[C@H](C)CC(O)[C@]5(C(=O)O)CC[C@]43C)[C@@]2(C)C1. The lowest BCUT2D eigenvalue weighted by Crippen LogP contribution is -2.67. The Bertz CT molecular complexity index is 923. The first kappa shape index (κ1) is 25.8. The van der Waals surface area contributed by atoms with Gasteiger partial charge in [0, 0.05) is 13.0 Å². The van der Waals surface area contributed by atoms with Crippen molar-refractivity contribution < 1.29 is 19.7 Å². The summed E-state index contributed by atoms with van der Waals surface area (Å²) in [6.45, 7) is 17.0. The van der Waals surface area contributed by atoms with Crippen molar-refractivity contribution in [2.24, 2.45) is 56.7 Å². The first-order valence-electron chi connectivity index (χ1n) is 14.3. The molecule has 0 amide bonds. The average Bonchev–Trinajstić information content (AvgIpc) is 2.76. The van der Waals surface area contributed by atoms with Gasteiger partial charge in [0.25, 0.3) is 0 Å². The molecule has 0 aromatic carbocycles. The molecule has 5 aliphatic rings. The van der Waals surface area contributed by atoms with Crippen LogP contribution in [0.1, 0.15) is 99.8 Å². The van der Waals surface area contributed by atoms with Crippen LogP contribution in [0.3, 0.4) is 0 Å². The van der Waals surface area contributed by atoms with Crippen molar-refractivity contribution in [3.05, 3.63) is 11.6 Å². The van der Waals surface area contributed by atoms with E-state index in [0.717, 1.165) is 25.7 Å². The van der Waals surface area contributed by atoms with Gasteiger partial charge in [-0.25, -0.2) is 0 Å². The molecule has 0 heterocycles. The number of hydrogen-bond acceptors (Lipinski definition) is 3. The number of hydrogen-bond donors (Lipinski definition) is 2. The van der Waals surface area contributed by atoms with E-state index >= 15 is 0 Å². The van der Waals surface area contributed by atoms with Crippen molar-refractivity contribution in [1.82, 2.24) is 0 Å². The predicted octanol–water partition coefficient (Wildman–Crippen LogP) is 6.71. The van der Waals surface area contributed by atoms with Crippen LogP contribution in [0, 0.1) is 56.7 Å². The molecule has 0 saturated heterocycles. The number of rotatable bonds is 2. The number of carbonyl (C=O) groups is 1. The van der Waals surface area contributed by atoms with E-state index in [1.54, 1.807) is 0 Å². The highest BCUT2D eigenvalue weighted by Crippen LogP contribution is 2.75. The number of ether oxygens (including phenoxy) is 1. The molecule has 4 saturated carbocycles. The molecule has 0 radical (unpaired) electrons. The Balaban J connectivity index is 1.63. The molecular formula is C31H50O4. The summed E-state index contributed by atoms with van der Waals surface area (Å²) in [5, 5.41) is 21.8. The van der Waals surface area contributed by atoms with Crippen LogP contribution in [0.4, 0.5) is 0 Å². The fourth-order valence-corrected chi connectivity index (χ4v) is 11.3. The van der Waals surface area contributed by atoms with Gasteiger partial charge in [-0.3, -0.25) is 4.79 Å². The van der Waals surface area contributed by atoms with Crippen molar-refractivity contribution in [3.63, 3.8) is 0 Å². The number of methoxy groups -OCH3 is 1. The molecule has 0 spiro atoms. The second-order valence-corrected chi connectivity index (χ2v) is 15.0. The molecule has 4 heteroatoms. The van der Waals surface area contributed by atoms with Crippen molar-refractivity contribution in [1.29, 1.82) is 0 Å². The highest BCUT2D eigenvalue weighted by molar-refractivity contribution is 5.77. The molecule has 5 aliphatic carbocycles. The smallest absolute Gasteiger partial charge is 0.312 e. The van der Waals surface area contributed by atoms with Crippen LogP contribution in [-0.4, -0.2) is 35.5 Å². The lowest BCUT2D eigenvalue weighted by Gasteiger charge is -2.71. The van der Waals surface area contributed by atoms with Gasteiger partial charge in [-0.2, -0.15) is 0 Å². The summed E-state index contributed by atoms with van der Waals surface area (Å²) in [7, 11) is 1.89. The van der Waals surface area contributed by atoms with E-state index in [2.05, 4.69) is 54.5 Å². The summed E-state index contributed by atoms with van der Waals surface area (Å²) >= 11 is 0. The van der Waals surface area contributed by atoms with Crippen LogP contribution in [0.5, 0.6) is 0 Å². The Morgan fingerprint density at radius 1 is 1.03 bits per heavy atom. The minimum absolute atomic E-state index is 0.0251. The molecule has 0 aliphatic heterocycles. The molecule has 35 heavy (non-hydrogen) atoms. The Kier molecular flexibility index (Phi) is 5.76. The third kappa shape index (κ3) is 3.08. The third-order valence-corrected chi connectivity index (χ3v) is 13.4. The minimum atomic E-state index is -1.03. The van der Waals surface area contributed by atoms with Crippen LogP contribution in [0.25, 0.3) is 0 Å². The number of fused-ring (bicyclic) bond motifs is 7. The fraction of sp³-hybridized carbons (Fsp3) is 0.903. The number of aliphatic carboxylic acids is 1. The van der Waals surface area contributed by atoms with Crippen molar-refractivity contribution in [2.45, 2.75) is 112 Å². The van der Waals surface area contributed by atoms with Crippen molar-refractivity contribution in [2.75, 3.05) is 7.11 Å². The summed E-state index contributed by atoms with van der Waals surface area (Å²) in [6, 6.07) is 0. The van der Waals surface area contributed by atoms with Gasteiger partial charge in [0.2, 0.25) is 0 Å². The quantitative estimate of drug-likeness (QED) is 0.426. The Morgan fingerprint density at radius 2 is 1.71 bits per heavy atom. The Morgan fingerprint density at radius 3 is 2.34 bits per heavy atom. The van der Waals surface area contributed by atoms with Crippen molar-refractivity contribution >= 4 is 5.97 Å². The molecule has 0 aromatic heterocycles. The molecule has 4 fully saturated rings. The van der Waals surface area contributed by atoms with Gasteiger partial charge in [-0.05, 0) is 96.7 Å². The first-order valence-corrected chi connectivity index (χ1v) is 14.3.